The van der Waals surface area contributed by atoms with Gasteiger partial charge in [0.2, 0.25) is 0 Å². The van der Waals surface area contributed by atoms with E-state index >= 15 is 0 Å². The second kappa shape index (κ2) is 9.36. The zero-order valence-electron chi connectivity index (χ0n) is 16.9. The largest absolute Gasteiger partial charge is 0.452 e. The minimum absolute atomic E-state index is 0.368. The van der Waals surface area contributed by atoms with Crippen LogP contribution in [0.3, 0.4) is 0 Å². The van der Waals surface area contributed by atoms with E-state index in [1.54, 1.807) is 18.2 Å². The third-order valence-electron chi connectivity index (χ3n) is 4.63. The Morgan fingerprint density at radius 2 is 1.61 bits per heavy atom. The van der Waals surface area contributed by atoms with Crippen LogP contribution in [0.4, 0.5) is 5.13 Å². The summed E-state index contributed by atoms with van der Waals surface area (Å²) in [5, 5.41) is 5.02. The molecule has 154 valence electrons. The minimum atomic E-state index is -0.530. The number of anilines is 1. The monoisotopic (exact) mass is 428 g/mol. The molecule has 0 atom stereocenters. The fourth-order valence-corrected chi connectivity index (χ4v) is 3.81. The number of nitrogens with zero attached hydrogens (tertiary/aromatic N) is 1. The van der Waals surface area contributed by atoms with Crippen molar-refractivity contribution < 1.29 is 14.3 Å². The highest BCUT2D eigenvalue weighted by Gasteiger charge is 2.12. The Hall–Kier alpha value is -3.77. The first-order chi connectivity index (χ1) is 15.1. The molecule has 1 amide bonds. The molecule has 0 radical (unpaired) electrons. The van der Waals surface area contributed by atoms with Crippen LogP contribution in [-0.4, -0.2) is 23.5 Å². The van der Waals surface area contributed by atoms with Crippen LogP contribution in [0.5, 0.6) is 0 Å². The van der Waals surface area contributed by atoms with E-state index in [9.17, 15) is 9.59 Å². The summed E-state index contributed by atoms with van der Waals surface area (Å²) < 4.78 is 5.09. The summed E-state index contributed by atoms with van der Waals surface area (Å²) in [4.78, 5) is 28.7. The van der Waals surface area contributed by atoms with Crippen LogP contribution < -0.4 is 5.32 Å². The molecule has 0 saturated heterocycles. The van der Waals surface area contributed by atoms with E-state index in [1.165, 1.54) is 11.3 Å². The number of amides is 1. The van der Waals surface area contributed by atoms with Crippen molar-refractivity contribution in [3.8, 4) is 22.4 Å². The molecule has 4 aromatic rings. The van der Waals surface area contributed by atoms with Gasteiger partial charge in [0.05, 0.1) is 11.3 Å². The van der Waals surface area contributed by atoms with Crippen LogP contribution in [0.2, 0.25) is 0 Å². The number of benzene rings is 3. The summed E-state index contributed by atoms with van der Waals surface area (Å²) >= 11 is 1.32. The lowest BCUT2D eigenvalue weighted by atomic mass is 10.0. The second-order valence-electron chi connectivity index (χ2n) is 6.98. The number of hydrogen-bond donors (Lipinski definition) is 1. The number of esters is 1. The van der Waals surface area contributed by atoms with E-state index in [4.69, 9.17) is 4.74 Å². The number of hydrogen-bond acceptors (Lipinski definition) is 5. The standard InChI is InChI=1S/C25H20N2O3S/c1-17-6-5-9-21(14-17)24(29)30-15-23(28)27-25-26-22(16-31-25)20-12-10-19(11-13-20)18-7-3-2-4-8-18/h2-14,16H,15H2,1H3,(H,26,27,28). The van der Waals surface area contributed by atoms with Gasteiger partial charge in [-0.1, -0.05) is 72.3 Å². The number of aromatic nitrogens is 1. The quantitative estimate of drug-likeness (QED) is 0.407. The molecule has 3 aromatic carbocycles. The highest BCUT2D eigenvalue weighted by atomic mass is 32.1. The van der Waals surface area contributed by atoms with Gasteiger partial charge in [0, 0.05) is 10.9 Å². The predicted octanol–water partition coefficient (Wildman–Crippen LogP) is 5.58. The Labute approximate surface area is 184 Å². The predicted molar refractivity (Wildman–Crippen MR) is 123 cm³/mol. The SMILES string of the molecule is Cc1cccc(C(=O)OCC(=O)Nc2nc(-c3ccc(-c4ccccc4)cc3)cs2)c1. The highest BCUT2D eigenvalue weighted by molar-refractivity contribution is 7.14. The van der Waals surface area contributed by atoms with Gasteiger partial charge in [0.1, 0.15) is 0 Å². The minimum Gasteiger partial charge on any atom is -0.452 e. The summed E-state index contributed by atoms with van der Waals surface area (Å²) in [6.45, 7) is 1.52. The average Bonchev–Trinajstić information content (AvgIpc) is 3.26. The number of carbonyl (C=O) groups is 2. The lowest BCUT2D eigenvalue weighted by molar-refractivity contribution is -0.119. The van der Waals surface area contributed by atoms with Crippen molar-refractivity contribution in [3.05, 3.63) is 95.4 Å². The fourth-order valence-electron chi connectivity index (χ4n) is 3.07. The molecule has 0 saturated carbocycles. The highest BCUT2D eigenvalue weighted by Crippen LogP contribution is 2.27. The lowest BCUT2D eigenvalue weighted by Gasteiger charge is -2.05. The summed E-state index contributed by atoms with van der Waals surface area (Å²) in [5.41, 5.74) is 5.39. The maximum absolute atomic E-state index is 12.1. The van der Waals surface area contributed by atoms with Gasteiger partial charge in [-0.05, 0) is 30.2 Å². The number of thiazole rings is 1. The molecule has 0 spiro atoms. The fraction of sp³-hybridized carbons (Fsp3) is 0.0800. The van der Waals surface area contributed by atoms with Gasteiger partial charge in [-0.2, -0.15) is 0 Å². The third kappa shape index (κ3) is 5.24. The van der Waals surface area contributed by atoms with E-state index in [2.05, 4.69) is 22.4 Å². The van der Waals surface area contributed by atoms with Crippen molar-refractivity contribution in [1.82, 2.24) is 4.98 Å². The molecule has 4 rings (SSSR count). The number of ether oxygens (including phenoxy) is 1. The third-order valence-corrected chi connectivity index (χ3v) is 5.38. The van der Waals surface area contributed by atoms with E-state index in [0.29, 0.717) is 10.7 Å². The molecule has 0 bridgehead atoms. The smallest absolute Gasteiger partial charge is 0.338 e. The van der Waals surface area contributed by atoms with Crippen molar-refractivity contribution >= 4 is 28.3 Å². The number of rotatable bonds is 6. The maximum atomic E-state index is 12.1. The first-order valence-electron chi connectivity index (χ1n) is 9.73. The molecular weight excluding hydrogens is 408 g/mol. The van der Waals surface area contributed by atoms with Crippen LogP contribution in [0, 0.1) is 6.92 Å². The van der Waals surface area contributed by atoms with Crippen molar-refractivity contribution in [1.29, 1.82) is 0 Å². The number of carbonyl (C=O) groups excluding carboxylic acids is 2. The van der Waals surface area contributed by atoms with E-state index < -0.39 is 11.9 Å². The Balaban J connectivity index is 1.34. The number of nitrogens with one attached hydrogen (secondary N) is 1. The molecule has 0 unspecified atom stereocenters. The van der Waals surface area contributed by atoms with Crippen LogP contribution in [0.15, 0.2) is 84.2 Å². The van der Waals surface area contributed by atoms with Crippen molar-refractivity contribution in [2.45, 2.75) is 6.92 Å². The summed E-state index contributed by atoms with van der Waals surface area (Å²) in [6.07, 6.45) is 0. The summed E-state index contributed by atoms with van der Waals surface area (Å²) in [6, 6.07) is 25.3. The number of aryl methyl sites for hydroxylation is 1. The van der Waals surface area contributed by atoms with Gasteiger partial charge < -0.3 is 4.74 Å². The van der Waals surface area contributed by atoms with Crippen molar-refractivity contribution in [2.24, 2.45) is 0 Å². The molecule has 1 heterocycles. The zero-order valence-corrected chi connectivity index (χ0v) is 17.7. The van der Waals surface area contributed by atoms with Crippen molar-refractivity contribution in [2.75, 3.05) is 11.9 Å². The Morgan fingerprint density at radius 3 is 2.35 bits per heavy atom. The molecule has 31 heavy (non-hydrogen) atoms. The van der Waals surface area contributed by atoms with Gasteiger partial charge in [-0.3, -0.25) is 10.1 Å². The Kier molecular flexibility index (Phi) is 6.19. The summed E-state index contributed by atoms with van der Waals surface area (Å²) in [5.74, 6) is -0.960. The molecule has 0 aliphatic heterocycles. The molecule has 0 aliphatic rings. The van der Waals surface area contributed by atoms with Gasteiger partial charge in [-0.25, -0.2) is 9.78 Å². The molecule has 1 N–H and O–H groups in total. The average molecular weight is 429 g/mol. The van der Waals surface area contributed by atoms with E-state index in [1.807, 2.05) is 60.8 Å². The van der Waals surface area contributed by atoms with Crippen LogP contribution >= 0.6 is 11.3 Å². The first-order valence-corrected chi connectivity index (χ1v) is 10.6. The topological polar surface area (TPSA) is 68.3 Å². The first kappa shape index (κ1) is 20.5. The van der Waals surface area contributed by atoms with Gasteiger partial charge in [0.25, 0.3) is 5.91 Å². The van der Waals surface area contributed by atoms with Gasteiger partial charge in [-0.15, -0.1) is 11.3 Å². The van der Waals surface area contributed by atoms with Gasteiger partial charge in [0.15, 0.2) is 11.7 Å². The molecule has 5 nitrogen and oxygen atoms in total. The zero-order chi connectivity index (χ0) is 21.6. The molecule has 6 heteroatoms. The molecule has 0 fully saturated rings. The normalized spacial score (nSPS) is 10.5. The van der Waals surface area contributed by atoms with Crippen LogP contribution in [-0.2, 0) is 9.53 Å². The van der Waals surface area contributed by atoms with Crippen LogP contribution in [0.25, 0.3) is 22.4 Å². The van der Waals surface area contributed by atoms with E-state index in [-0.39, 0.29) is 6.61 Å². The van der Waals surface area contributed by atoms with E-state index in [0.717, 1.165) is 27.9 Å². The van der Waals surface area contributed by atoms with Crippen LogP contribution in [0.1, 0.15) is 15.9 Å². The maximum Gasteiger partial charge on any atom is 0.338 e. The summed E-state index contributed by atoms with van der Waals surface area (Å²) in [7, 11) is 0. The molecular formula is C25H20N2O3S. The lowest BCUT2D eigenvalue weighted by Crippen LogP contribution is -2.20. The van der Waals surface area contributed by atoms with Gasteiger partial charge >= 0.3 is 5.97 Å². The Bertz CT molecular complexity index is 1200. The molecule has 0 aliphatic carbocycles. The second-order valence-corrected chi connectivity index (χ2v) is 7.83. The molecule has 1 aromatic heterocycles. The Morgan fingerprint density at radius 1 is 0.903 bits per heavy atom. The van der Waals surface area contributed by atoms with Crippen molar-refractivity contribution in [3.63, 3.8) is 0 Å².